The Balaban J connectivity index is 1.54. The normalized spacial score (nSPS) is 22.6. The second-order valence-corrected chi connectivity index (χ2v) is 11.5. The summed E-state index contributed by atoms with van der Waals surface area (Å²) in [6, 6.07) is 5.92. The number of aryl methyl sites for hydroxylation is 1. The maximum Gasteiger partial charge on any atom is 0.225 e. The number of aliphatic hydroxyl groups excluding tert-OH is 1. The molecule has 4 heterocycles. The topological polar surface area (TPSA) is 136 Å². The van der Waals surface area contributed by atoms with Gasteiger partial charge in [-0.1, -0.05) is 6.07 Å². The lowest BCUT2D eigenvalue weighted by molar-refractivity contribution is -0.0926. The van der Waals surface area contributed by atoms with Crippen molar-refractivity contribution in [3.8, 4) is 10.6 Å². The van der Waals surface area contributed by atoms with Crippen LogP contribution in [0.25, 0.3) is 20.8 Å². The molecule has 0 aliphatic heterocycles. The molecule has 1 aliphatic rings. The van der Waals surface area contributed by atoms with Gasteiger partial charge in [0.15, 0.2) is 5.72 Å². The molecule has 1 aliphatic carbocycles. The minimum absolute atomic E-state index is 0.257. The summed E-state index contributed by atoms with van der Waals surface area (Å²) >= 11 is 3.12. The summed E-state index contributed by atoms with van der Waals surface area (Å²) in [5.41, 5.74) is -0.703. The molecule has 11 heteroatoms. The maximum absolute atomic E-state index is 11.4. The van der Waals surface area contributed by atoms with E-state index in [4.69, 9.17) is 9.97 Å². The minimum Gasteiger partial charge on any atom is -0.390 e. The summed E-state index contributed by atoms with van der Waals surface area (Å²) in [4.78, 5) is 19.4. The molecule has 0 spiro atoms. The van der Waals surface area contributed by atoms with Gasteiger partial charge in [0, 0.05) is 17.0 Å². The van der Waals surface area contributed by atoms with Crippen molar-refractivity contribution in [2.75, 3.05) is 10.6 Å². The highest BCUT2D eigenvalue weighted by molar-refractivity contribution is 7.21. The number of nitrogens with one attached hydrogen (secondary N) is 2. The Morgan fingerprint density at radius 1 is 1.23 bits per heavy atom. The number of aromatic nitrogens is 4. The number of fused-ring (bicyclic) bond motifs is 1. The van der Waals surface area contributed by atoms with E-state index in [0.717, 1.165) is 15.1 Å². The van der Waals surface area contributed by atoms with Gasteiger partial charge < -0.3 is 26.0 Å². The van der Waals surface area contributed by atoms with Gasteiger partial charge in [0.25, 0.3) is 0 Å². The third-order valence-corrected chi connectivity index (χ3v) is 8.37. The molecule has 0 saturated heterocycles. The highest BCUT2D eigenvalue weighted by atomic mass is 32.1. The Bertz CT molecular complexity index is 1300. The van der Waals surface area contributed by atoms with Crippen molar-refractivity contribution in [3.05, 3.63) is 46.5 Å². The molecule has 1 fully saturated rings. The van der Waals surface area contributed by atoms with Crippen LogP contribution in [0.3, 0.4) is 0 Å². The molecule has 5 rings (SSSR count). The first kappa shape index (κ1) is 24.0. The van der Waals surface area contributed by atoms with Crippen LogP contribution in [0.15, 0.2) is 36.0 Å². The molecule has 0 bridgehead atoms. The molecule has 4 aromatic rings. The van der Waals surface area contributed by atoms with Crippen LogP contribution in [-0.2, 0) is 6.54 Å². The predicted molar refractivity (Wildman–Crippen MR) is 138 cm³/mol. The Kier molecular flexibility index (Phi) is 6.22. The summed E-state index contributed by atoms with van der Waals surface area (Å²) in [6.07, 6.45) is 2.96. The first-order valence-corrected chi connectivity index (χ1v) is 13.1. The van der Waals surface area contributed by atoms with Crippen molar-refractivity contribution in [3.63, 3.8) is 0 Å². The molecule has 0 amide bonds. The third kappa shape index (κ3) is 4.74. The molecule has 0 radical (unpaired) electrons. The van der Waals surface area contributed by atoms with Crippen LogP contribution in [0.5, 0.6) is 0 Å². The van der Waals surface area contributed by atoms with Crippen molar-refractivity contribution in [2.24, 2.45) is 5.92 Å². The smallest absolute Gasteiger partial charge is 0.225 e. The van der Waals surface area contributed by atoms with Crippen LogP contribution >= 0.6 is 22.7 Å². The summed E-state index contributed by atoms with van der Waals surface area (Å²) < 4.78 is 0.974. The van der Waals surface area contributed by atoms with Crippen molar-refractivity contribution >= 4 is 44.7 Å². The van der Waals surface area contributed by atoms with Gasteiger partial charge in [0.1, 0.15) is 22.4 Å². The summed E-state index contributed by atoms with van der Waals surface area (Å²) in [5, 5.41) is 42.0. The summed E-state index contributed by atoms with van der Waals surface area (Å²) in [5.74, 6) is 0.285. The zero-order chi connectivity index (χ0) is 24.8. The molecule has 1 saturated carbocycles. The van der Waals surface area contributed by atoms with Crippen LogP contribution < -0.4 is 10.6 Å². The lowest BCUT2D eigenvalue weighted by atomic mass is 9.87. The van der Waals surface area contributed by atoms with Crippen LogP contribution in [-0.4, -0.2) is 52.7 Å². The maximum atomic E-state index is 11.4. The molecular formula is C24H28N6O3S2. The molecule has 3 atom stereocenters. The molecule has 0 aromatic carbocycles. The number of aliphatic hydroxyl groups is 3. The van der Waals surface area contributed by atoms with Crippen molar-refractivity contribution < 1.29 is 15.3 Å². The van der Waals surface area contributed by atoms with E-state index in [0.29, 0.717) is 41.0 Å². The van der Waals surface area contributed by atoms with Gasteiger partial charge in [-0.3, -0.25) is 4.98 Å². The van der Waals surface area contributed by atoms with Gasteiger partial charge in [0.05, 0.1) is 34.3 Å². The lowest BCUT2D eigenvalue weighted by Crippen LogP contribution is -2.51. The van der Waals surface area contributed by atoms with Crippen molar-refractivity contribution in [1.29, 1.82) is 0 Å². The Hall–Kier alpha value is -2.70. The van der Waals surface area contributed by atoms with Gasteiger partial charge in [-0.05, 0) is 51.1 Å². The van der Waals surface area contributed by atoms with Gasteiger partial charge in [-0.15, -0.1) is 22.7 Å². The standard InChI is InChI=1S/C24H28N6O3S2/c1-13-18(21-28-16-12-25-9-7-17(16)35-21)20(29-22(27-13)26-11-14-5-4-10-34-14)30-24(33)8-6-15(19(24)31)23(2,3)32/h4-5,7,9-10,12,15,19,31-33H,6,8,11H2,1-3H3,(H2,26,27,29,30). The molecule has 184 valence electrons. The van der Waals surface area contributed by atoms with E-state index in [1.54, 1.807) is 37.6 Å². The number of nitrogens with zero attached hydrogens (tertiary/aromatic N) is 4. The van der Waals surface area contributed by atoms with Crippen LogP contribution in [0.4, 0.5) is 11.8 Å². The number of rotatable bonds is 7. The fourth-order valence-corrected chi connectivity index (χ4v) is 6.24. The molecule has 9 nitrogen and oxygen atoms in total. The number of anilines is 2. The number of hydrogen-bond acceptors (Lipinski definition) is 11. The van der Waals surface area contributed by atoms with E-state index in [1.165, 1.54) is 11.3 Å². The van der Waals surface area contributed by atoms with E-state index >= 15 is 0 Å². The number of hydrogen-bond donors (Lipinski definition) is 5. The lowest BCUT2D eigenvalue weighted by Gasteiger charge is -2.34. The number of pyridine rings is 1. The average Bonchev–Trinajstić information content (AvgIpc) is 3.51. The molecule has 4 aromatic heterocycles. The summed E-state index contributed by atoms with van der Waals surface area (Å²) in [7, 11) is 0. The van der Waals surface area contributed by atoms with E-state index in [2.05, 4.69) is 20.6 Å². The molecule has 3 unspecified atom stereocenters. The van der Waals surface area contributed by atoms with Gasteiger partial charge in [0.2, 0.25) is 5.95 Å². The van der Waals surface area contributed by atoms with E-state index in [9.17, 15) is 15.3 Å². The first-order valence-electron chi connectivity index (χ1n) is 11.4. The third-order valence-electron chi connectivity index (χ3n) is 6.44. The van der Waals surface area contributed by atoms with E-state index in [-0.39, 0.29) is 6.42 Å². The minimum atomic E-state index is -1.66. The average molecular weight is 513 g/mol. The highest BCUT2D eigenvalue weighted by Crippen LogP contribution is 2.43. The second-order valence-electron chi connectivity index (χ2n) is 9.44. The molecular weight excluding hydrogens is 484 g/mol. The van der Waals surface area contributed by atoms with Crippen LogP contribution in [0.2, 0.25) is 0 Å². The fraction of sp³-hybridized carbons (Fsp3) is 0.417. The van der Waals surface area contributed by atoms with E-state index < -0.39 is 23.3 Å². The molecule has 5 N–H and O–H groups in total. The predicted octanol–water partition coefficient (Wildman–Crippen LogP) is 3.77. The largest absolute Gasteiger partial charge is 0.390 e. The zero-order valence-electron chi connectivity index (χ0n) is 19.7. The van der Waals surface area contributed by atoms with Crippen molar-refractivity contribution in [2.45, 2.75) is 57.6 Å². The first-order chi connectivity index (χ1) is 16.6. The van der Waals surface area contributed by atoms with Gasteiger partial charge in [-0.2, -0.15) is 4.98 Å². The number of thiazole rings is 1. The fourth-order valence-electron chi connectivity index (χ4n) is 4.56. The van der Waals surface area contributed by atoms with Gasteiger partial charge in [-0.25, -0.2) is 9.97 Å². The van der Waals surface area contributed by atoms with Gasteiger partial charge >= 0.3 is 0 Å². The van der Waals surface area contributed by atoms with Crippen LogP contribution in [0.1, 0.15) is 37.3 Å². The molecule has 35 heavy (non-hydrogen) atoms. The zero-order valence-corrected chi connectivity index (χ0v) is 21.3. The second kappa shape index (κ2) is 9.07. The Morgan fingerprint density at radius 2 is 2.06 bits per heavy atom. The van der Waals surface area contributed by atoms with Crippen LogP contribution in [0, 0.1) is 12.8 Å². The SMILES string of the molecule is Cc1nc(NCc2cccs2)nc(NC2(O)CCC(C(C)(C)O)C2O)c1-c1nc2cnccc2s1. The highest BCUT2D eigenvalue weighted by Gasteiger charge is 2.52. The van der Waals surface area contributed by atoms with Crippen molar-refractivity contribution in [1.82, 2.24) is 19.9 Å². The Labute approximate surface area is 211 Å². The number of thiophene rings is 1. The summed E-state index contributed by atoms with van der Waals surface area (Å²) in [6.45, 7) is 5.73. The van der Waals surface area contributed by atoms with E-state index in [1.807, 2.05) is 30.5 Å². The monoisotopic (exact) mass is 512 g/mol. The quantitative estimate of drug-likeness (QED) is 0.234. The Morgan fingerprint density at radius 3 is 2.74 bits per heavy atom.